The minimum absolute atomic E-state index is 0.301. The van der Waals surface area contributed by atoms with Crippen LogP contribution in [-0.2, 0) is 4.79 Å². The van der Waals surface area contributed by atoms with E-state index in [-0.39, 0.29) is 0 Å². The maximum atomic E-state index is 13.9. The van der Waals surface area contributed by atoms with E-state index in [9.17, 15) is 48.7 Å². The molecule has 0 heterocycles. The van der Waals surface area contributed by atoms with Crippen LogP contribution in [0.5, 0.6) is 0 Å². The molecule has 1 rings (SSSR count). The Morgan fingerprint density at radius 3 is 1.68 bits per heavy atom. The van der Waals surface area contributed by atoms with Gasteiger partial charge in [0.25, 0.3) is 0 Å². The Morgan fingerprint density at radius 2 is 1.32 bits per heavy atom. The van der Waals surface area contributed by atoms with Crippen LogP contribution in [0.25, 0.3) is 0 Å². The van der Waals surface area contributed by atoms with Crippen LogP contribution >= 0.6 is 0 Å². The molecular weight excluding hydrogens is 342 g/mol. The minimum Gasteiger partial charge on any atom is -0.478 e. The van der Waals surface area contributed by atoms with E-state index >= 15 is 0 Å². The largest absolute Gasteiger partial charge is 0.478 e. The summed E-state index contributed by atoms with van der Waals surface area (Å²) in [6.45, 7) is 0.301. The van der Waals surface area contributed by atoms with E-state index in [1.807, 2.05) is 0 Å². The summed E-state index contributed by atoms with van der Waals surface area (Å²) >= 11 is 0. The van der Waals surface area contributed by atoms with Crippen molar-refractivity contribution in [1.82, 2.24) is 0 Å². The van der Waals surface area contributed by atoms with Gasteiger partial charge in [0.2, 0.25) is 11.8 Å². The first kappa shape index (κ1) is 18.6. The molecule has 0 bridgehead atoms. The molecule has 0 aromatic heterocycles. The van der Waals surface area contributed by atoms with E-state index in [0.717, 1.165) is 0 Å². The average molecular weight is 348 g/mol. The highest BCUT2D eigenvalue weighted by Crippen LogP contribution is 2.65. The summed E-state index contributed by atoms with van der Waals surface area (Å²) < 4.78 is 132. The molecule has 1 N–H and O–H groups in total. The van der Waals surface area contributed by atoms with Gasteiger partial charge in [-0.1, -0.05) is 0 Å². The summed E-state index contributed by atoms with van der Waals surface area (Å²) in [6, 6.07) is 0. The number of carboxylic acid groups (broad SMARTS) is 1. The molecule has 0 saturated heterocycles. The van der Waals surface area contributed by atoms with Crippen molar-refractivity contribution in [2.24, 2.45) is 0 Å². The zero-order valence-electron chi connectivity index (χ0n) is 10.3. The van der Waals surface area contributed by atoms with Gasteiger partial charge in [-0.2, -0.15) is 35.1 Å². The van der Waals surface area contributed by atoms with Crippen molar-refractivity contribution < 1.29 is 53.8 Å². The second-order valence-electron chi connectivity index (χ2n) is 4.61. The molecule has 128 valence electrons. The molecule has 0 radical (unpaired) electrons. The lowest BCUT2D eigenvalue weighted by Gasteiger charge is -2.49. The van der Waals surface area contributed by atoms with Crippen molar-refractivity contribution in [2.75, 3.05) is 0 Å². The van der Waals surface area contributed by atoms with Crippen LogP contribution < -0.4 is 0 Å². The number of hydrogen-bond donors (Lipinski definition) is 1. The highest BCUT2D eigenvalue weighted by molar-refractivity contribution is 5.86. The maximum absolute atomic E-state index is 13.9. The quantitative estimate of drug-likeness (QED) is 0.611. The molecule has 2 atom stereocenters. The summed E-state index contributed by atoms with van der Waals surface area (Å²) in [6.07, 6.45) is -6.17. The van der Waals surface area contributed by atoms with Crippen molar-refractivity contribution in [3.8, 4) is 0 Å². The van der Waals surface area contributed by atoms with E-state index in [4.69, 9.17) is 5.11 Å². The molecule has 0 amide bonds. The van der Waals surface area contributed by atoms with Gasteiger partial charge in [-0.15, -0.1) is 0 Å². The van der Waals surface area contributed by atoms with Gasteiger partial charge in [-0.05, 0) is 13.0 Å². The number of hydrogen-bond acceptors (Lipinski definition) is 1. The Balaban J connectivity index is 3.73. The summed E-state index contributed by atoms with van der Waals surface area (Å²) in [5.41, 5.74) is -7.22. The molecule has 22 heavy (non-hydrogen) atoms. The third kappa shape index (κ3) is 1.84. The molecular formula is C10H6F10O2. The lowest BCUT2D eigenvalue weighted by molar-refractivity contribution is -0.434. The highest BCUT2D eigenvalue weighted by Gasteiger charge is 2.94. The molecule has 12 heteroatoms. The minimum atomic E-state index is -6.98. The third-order valence-electron chi connectivity index (χ3n) is 3.14. The van der Waals surface area contributed by atoms with Crippen LogP contribution in [-0.4, -0.2) is 46.6 Å². The molecule has 1 aliphatic carbocycles. The molecule has 1 fully saturated rings. The van der Waals surface area contributed by atoms with E-state index in [2.05, 4.69) is 0 Å². The van der Waals surface area contributed by atoms with Gasteiger partial charge in [0.05, 0.1) is 0 Å². The molecule has 0 spiro atoms. The van der Waals surface area contributed by atoms with Crippen LogP contribution in [0.15, 0.2) is 11.6 Å². The summed E-state index contributed by atoms with van der Waals surface area (Å²) in [7, 11) is 0. The van der Waals surface area contributed by atoms with Crippen LogP contribution in [0.2, 0.25) is 0 Å². The number of allylic oxidation sites excluding steroid dienone is 1. The fourth-order valence-corrected chi connectivity index (χ4v) is 1.77. The molecule has 2 unspecified atom stereocenters. The Labute approximate surface area is 115 Å². The molecule has 1 saturated carbocycles. The van der Waals surface area contributed by atoms with Crippen molar-refractivity contribution in [3.05, 3.63) is 11.6 Å². The Bertz CT molecular complexity index is 526. The second-order valence-corrected chi connectivity index (χ2v) is 4.61. The fraction of sp³-hybridized carbons (Fsp3) is 0.700. The van der Waals surface area contributed by atoms with E-state index in [1.54, 1.807) is 0 Å². The van der Waals surface area contributed by atoms with Gasteiger partial charge in [0, 0.05) is 5.57 Å². The predicted molar refractivity (Wildman–Crippen MR) is 49.9 cm³/mol. The topological polar surface area (TPSA) is 37.3 Å². The van der Waals surface area contributed by atoms with E-state index in [0.29, 0.717) is 6.92 Å². The van der Waals surface area contributed by atoms with Crippen molar-refractivity contribution >= 4 is 5.97 Å². The van der Waals surface area contributed by atoms with Crippen LogP contribution in [0, 0.1) is 0 Å². The van der Waals surface area contributed by atoms with Gasteiger partial charge < -0.3 is 5.11 Å². The monoisotopic (exact) mass is 348 g/mol. The molecule has 2 nitrogen and oxygen atoms in total. The summed E-state index contributed by atoms with van der Waals surface area (Å²) in [5, 5.41) is 8.32. The number of rotatable bonds is 2. The van der Waals surface area contributed by atoms with Gasteiger partial charge in [0.1, 0.15) is 0 Å². The van der Waals surface area contributed by atoms with Gasteiger partial charge in [-0.3, -0.25) is 0 Å². The van der Waals surface area contributed by atoms with Crippen LogP contribution in [0.4, 0.5) is 43.9 Å². The van der Waals surface area contributed by atoms with Crippen molar-refractivity contribution in [2.45, 2.75) is 42.5 Å². The molecule has 1 aliphatic rings. The Morgan fingerprint density at radius 1 is 0.909 bits per heavy atom. The van der Waals surface area contributed by atoms with Crippen molar-refractivity contribution in [3.63, 3.8) is 0 Å². The standard InChI is InChI=1S/C10H6F10O2/c1-3(4(21)22)2-6(12)5(11)7(13,14)9(17,18)10(19,20)8(6,15)16/h2,5H,1H3,(H,21,22)/b3-2+. The predicted octanol–water partition coefficient (Wildman–Crippen LogP) is 3.62. The smallest absolute Gasteiger partial charge is 0.382 e. The van der Waals surface area contributed by atoms with Gasteiger partial charge >= 0.3 is 29.7 Å². The Kier molecular flexibility index (Phi) is 3.80. The second kappa shape index (κ2) is 4.51. The molecule has 0 aromatic carbocycles. The fourth-order valence-electron chi connectivity index (χ4n) is 1.77. The number of carboxylic acids is 1. The zero-order valence-corrected chi connectivity index (χ0v) is 10.3. The average Bonchev–Trinajstić information content (AvgIpc) is 2.35. The van der Waals surface area contributed by atoms with E-state index < -0.39 is 53.1 Å². The first-order valence-corrected chi connectivity index (χ1v) is 5.25. The van der Waals surface area contributed by atoms with Crippen LogP contribution in [0.1, 0.15) is 6.92 Å². The highest BCUT2D eigenvalue weighted by atomic mass is 19.4. The normalized spacial score (nSPS) is 36.0. The first-order valence-electron chi connectivity index (χ1n) is 5.25. The summed E-state index contributed by atoms with van der Waals surface area (Å²) in [5.74, 6) is -29.3. The van der Waals surface area contributed by atoms with Crippen molar-refractivity contribution in [1.29, 1.82) is 0 Å². The lowest BCUT2D eigenvalue weighted by Crippen LogP contribution is -2.79. The van der Waals surface area contributed by atoms with Crippen LogP contribution in [0.3, 0.4) is 0 Å². The lowest BCUT2D eigenvalue weighted by atomic mass is 9.73. The SMILES string of the molecule is C/C(=C\C1(F)C(F)C(F)(F)C(F)(F)C(F)(F)C1(F)F)C(=O)O. The van der Waals surface area contributed by atoms with Gasteiger partial charge in [-0.25, -0.2) is 13.6 Å². The zero-order chi connectivity index (χ0) is 17.9. The number of aliphatic carboxylic acids is 1. The van der Waals surface area contributed by atoms with E-state index in [1.165, 1.54) is 0 Å². The number of carbonyl (C=O) groups is 1. The maximum Gasteiger partial charge on any atom is 0.382 e. The first-order chi connectivity index (χ1) is 9.48. The number of halogens is 10. The summed E-state index contributed by atoms with van der Waals surface area (Å²) in [4.78, 5) is 10.4. The molecule has 0 aliphatic heterocycles. The Hall–Kier alpha value is -1.49. The molecule has 0 aromatic rings. The third-order valence-corrected chi connectivity index (χ3v) is 3.14. The van der Waals surface area contributed by atoms with Gasteiger partial charge in [0.15, 0.2) is 0 Å². The number of alkyl halides is 10.